The quantitative estimate of drug-likeness (QED) is 0.438. The van der Waals surface area contributed by atoms with Gasteiger partial charge in [0.15, 0.2) is 0 Å². The minimum atomic E-state index is -0.317. The van der Waals surface area contributed by atoms with E-state index in [4.69, 9.17) is 4.74 Å². The van der Waals surface area contributed by atoms with Crippen LogP contribution in [0, 0.1) is 13.8 Å². The molecule has 0 unspecified atom stereocenters. The molecule has 0 saturated heterocycles. The third-order valence-corrected chi connectivity index (χ3v) is 3.94. The van der Waals surface area contributed by atoms with E-state index >= 15 is 0 Å². The van der Waals surface area contributed by atoms with Gasteiger partial charge in [-0.3, -0.25) is 0 Å². The van der Waals surface area contributed by atoms with E-state index in [9.17, 15) is 4.79 Å². The van der Waals surface area contributed by atoms with Gasteiger partial charge in [-0.25, -0.2) is 4.79 Å². The number of ether oxygens (including phenoxy) is 1. The van der Waals surface area contributed by atoms with E-state index in [0.29, 0.717) is 12.2 Å². The highest BCUT2D eigenvalue weighted by atomic mass is 16.5. The maximum atomic E-state index is 11.3. The molecule has 0 spiro atoms. The molecule has 0 heterocycles. The van der Waals surface area contributed by atoms with Gasteiger partial charge in [-0.2, -0.15) is 0 Å². The van der Waals surface area contributed by atoms with Crippen molar-refractivity contribution in [3.63, 3.8) is 0 Å². The maximum absolute atomic E-state index is 11.3. The third kappa shape index (κ3) is 5.27. The lowest BCUT2D eigenvalue weighted by molar-refractivity contribution is -0.139. The van der Waals surface area contributed by atoms with Gasteiger partial charge in [0.25, 0.3) is 0 Å². The van der Waals surface area contributed by atoms with E-state index in [1.165, 1.54) is 16.7 Å². The predicted octanol–water partition coefficient (Wildman–Crippen LogP) is 5.10. The summed E-state index contributed by atoms with van der Waals surface area (Å²) in [5.41, 5.74) is 6.40. The summed E-state index contributed by atoms with van der Waals surface area (Å²) in [6, 6.07) is 14.7. The molecule has 3 nitrogen and oxygen atoms in total. The summed E-state index contributed by atoms with van der Waals surface area (Å²) in [5.74, 6) is -0.317. The SMILES string of the molecule is C=C(C)C(=O)OCCCc1ccc(Nc2ccc(C)c(C)c2)cc1. The Kier molecular flexibility index (Phi) is 6.19. The van der Waals surface area contributed by atoms with E-state index in [0.717, 1.165) is 24.2 Å². The van der Waals surface area contributed by atoms with Gasteiger partial charge >= 0.3 is 5.97 Å². The smallest absolute Gasteiger partial charge is 0.333 e. The Morgan fingerprint density at radius 2 is 1.71 bits per heavy atom. The van der Waals surface area contributed by atoms with Crippen molar-refractivity contribution < 1.29 is 9.53 Å². The first-order chi connectivity index (χ1) is 11.5. The molecule has 3 heteroatoms. The van der Waals surface area contributed by atoms with Gasteiger partial charge in [0, 0.05) is 16.9 Å². The van der Waals surface area contributed by atoms with Crippen LogP contribution in [-0.2, 0) is 16.0 Å². The number of benzene rings is 2. The molecule has 2 aromatic carbocycles. The Hall–Kier alpha value is -2.55. The summed E-state index contributed by atoms with van der Waals surface area (Å²) in [5, 5.41) is 3.41. The molecule has 0 aromatic heterocycles. The summed E-state index contributed by atoms with van der Waals surface area (Å²) in [4.78, 5) is 11.3. The molecule has 1 N–H and O–H groups in total. The van der Waals surface area contributed by atoms with Crippen LogP contribution in [0.15, 0.2) is 54.6 Å². The van der Waals surface area contributed by atoms with Gasteiger partial charge in [-0.15, -0.1) is 0 Å². The fourth-order valence-electron chi connectivity index (χ4n) is 2.30. The molecule has 2 aromatic rings. The molecule has 2 rings (SSSR count). The van der Waals surface area contributed by atoms with Crippen LogP contribution in [0.1, 0.15) is 30.0 Å². The number of aryl methyl sites for hydroxylation is 3. The van der Waals surface area contributed by atoms with Crippen molar-refractivity contribution in [2.75, 3.05) is 11.9 Å². The minimum Gasteiger partial charge on any atom is -0.462 e. The van der Waals surface area contributed by atoms with E-state index in [2.05, 4.69) is 68.2 Å². The maximum Gasteiger partial charge on any atom is 0.333 e. The normalized spacial score (nSPS) is 10.3. The molecule has 0 bridgehead atoms. The molecule has 24 heavy (non-hydrogen) atoms. The second-order valence-corrected chi connectivity index (χ2v) is 6.14. The molecule has 0 aliphatic carbocycles. The zero-order chi connectivity index (χ0) is 17.5. The van der Waals surface area contributed by atoms with Crippen LogP contribution in [-0.4, -0.2) is 12.6 Å². The van der Waals surface area contributed by atoms with Crippen LogP contribution in [0.3, 0.4) is 0 Å². The molecule has 0 aliphatic rings. The second-order valence-electron chi connectivity index (χ2n) is 6.14. The predicted molar refractivity (Wildman–Crippen MR) is 99.7 cm³/mol. The standard InChI is InChI=1S/C21H25NO2/c1-15(2)21(23)24-13-5-6-18-8-11-19(12-9-18)22-20-10-7-16(3)17(4)14-20/h7-12,14,22H,1,5-6,13H2,2-4H3. The van der Waals surface area contributed by atoms with E-state index < -0.39 is 0 Å². The van der Waals surface area contributed by atoms with Crippen molar-refractivity contribution in [3.8, 4) is 0 Å². The lowest BCUT2D eigenvalue weighted by atomic mass is 10.1. The Labute approximate surface area is 144 Å². The number of anilines is 2. The number of hydrogen-bond donors (Lipinski definition) is 1. The zero-order valence-electron chi connectivity index (χ0n) is 14.7. The molecule has 126 valence electrons. The van der Waals surface area contributed by atoms with Gasteiger partial charge < -0.3 is 10.1 Å². The van der Waals surface area contributed by atoms with Crippen LogP contribution >= 0.6 is 0 Å². The average molecular weight is 323 g/mol. The first-order valence-corrected chi connectivity index (χ1v) is 8.21. The van der Waals surface area contributed by atoms with Gasteiger partial charge in [-0.1, -0.05) is 24.8 Å². The van der Waals surface area contributed by atoms with Crippen molar-refractivity contribution in [2.24, 2.45) is 0 Å². The Bertz CT molecular complexity index is 717. The molecular formula is C21H25NO2. The molecular weight excluding hydrogens is 298 g/mol. The number of carbonyl (C=O) groups is 1. The van der Waals surface area contributed by atoms with Gasteiger partial charge in [0.2, 0.25) is 0 Å². The van der Waals surface area contributed by atoms with E-state index in [1.54, 1.807) is 6.92 Å². The number of hydrogen-bond acceptors (Lipinski definition) is 3. The van der Waals surface area contributed by atoms with Crippen LogP contribution in [0.4, 0.5) is 11.4 Å². The van der Waals surface area contributed by atoms with Crippen LogP contribution in [0.25, 0.3) is 0 Å². The minimum absolute atomic E-state index is 0.317. The molecule has 0 aliphatic heterocycles. The Morgan fingerprint density at radius 1 is 1.04 bits per heavy atom. The van der Waals surface area contributed by atoms with Crippen molar-refractivity contribution in [3.05, 3.63) is 71.3 Å². The lowest BCUT2D eigenvalue weighted by Crippen LogP contribution is -2.06. The monoisotopic (exact) mass is 323 g/mol. The van der Waals surface area contributed by atoms with Crippen LogP contribution in [0.2, 0.25) is 0 Å². The first kappa shape index (κ1) is 17.8. The third-order valence-electron chi connectivity index (χ3n) is 3.94. The summed E-state index contributed by atoms with van der Waals surface area (Å²) in [6.45, 7) is 9.87. The van der Waals surface area contributed by atoms with Crippen molar-refractivity contribution in [1.82, 2.24) is 0 Å². The highest BCUT2D eigenvalue weighted by Gasteiger charge is 2.03. The summed E-state index contributed by atoms with van der Waals surface area (Å²) in [7, 11) is 0. The largest absolute Gasteiger partial charge is 0.462 e. The van der Waals surface area contributed by atoms with Crippen molar-refractivity contribution >= 4 is 17.3 Å². The number of rotatable bonds is 7. The molecule has 0 saturated carbocycles. The Morgan fingerprint density at radius 3 is 2.33 bits per heavy atom. The topological polar surface area (TPSA) is 38.3 Å². The number of esters is 1. The number of nitrogens with one attached hydrogen (secondary N) is 1. The average Bonchev–Trinajstić information content (AvgIpc) is 2.56. The highest BCUT2D eigenvalue weighted by Crippen LogP contribution is 2.20. The molecule has 0 radical (unpaired) electrons. The fraction of sp³-hybridized carbons (Fsp3) is 0.286. The summed E-state index contributed by atoms with van der Waals surface area (Å²) >= 11 is 0. The number of carbonyl (C=O) groups excluding carboxylic acids is 1. The second kappa shape index (κ2) is 8.34. The lowest BCUT2D eigenvalue weighted by Gasteiger charge is -2.10. The fourth-order valence-corrected chi connectivity index (χ4v) is 2.30. The highest BCUT2D eigenvalue weighted by molar-refractivity contribution is 5.86. The van der Waals surface area contributed by atoms with Gasteiger partial charge in [0.05, 0.1) is 6.61 Å². The van der Waals surface area contributed by atoms with E-state index in [1.807, 2.05) is 0 Å². The van der Waals surface area contributed by atoms with Crippen molar-refractivity contribution in [2.45, 2.75) is 33.6 Å². The molecule has 0 fully saturated rings. The van der Waals surface area contributed by atoms with Gasteiger partial charge in [-0.05, 0) is 74.6 Å². The Balaban J connectivity index is 1.83. The first-order valence-electron chi connectivity index (χ1n) is 8.21. The van der Waals surface area contributed by atoms with E-state index in [-0.39, 0.29) is 5.97 Å². The molecule has 0 atom stereocenters. The van der Waals surface area contributed by atoms with Crippen LogP contribution < -0.4 is 5.32 Å². The zero-order valence-corrected chi connectivity index (χ0v) is 14.7. The summed E-state index contributed by atoms with van der Waals surface area (Å²) < 4.78 is 5.10. The molecule has 0 amide bonds. The van der Waals surface area contributed by atoms with Gasteiger partial charge in [0.1, 0.15) is 0 Å². The van der Waals surface area contributed by atoms with Crippen LogP contribution in [0.5, 0.6) is 0 Å². The summed E-state index contributed by atoms with van der Waals surface area (Å²) in [6.07, 6.45) is 1.69. The van der Waals surface area contributed by atoms with Crippen molar-refractivity contribution in [1.29, 1.82) is 0 Å².